The lowest BCUT2D eigenvalue weighted by Crippen LogP contribution is -2.46. The van der Waals surface area contributed by atoms with E-state index in [4.69, 9.17) is 4.98 Å². The van der Waals surface area contributed by atoms with Crippen molar-refractivity contribution in [2.45, 2.75) is 20.4 Å². The van der Waals surface area contributed by atoms with Crippen LogP contribution in [0.1, 0.15) is 18.1 Å². The molecule has 1 saturated heterocycles. The molecule has 0 bridgehead atoms. The van der Waals surface area contributed by atoms with Gasteiger partial charge < -0.3 is 20.1 Å². The molecule has 0 spiro atoms. The zero-order valence-electron chi connectivity index (χ0n) is 17.4. The summed E-state index contributed by atoms with van der Waals surface area (Å²) in [5, 5.41) is 4.62. The first-order chi connectivity index (χ1) is 14.7. The second-order valence-electron chi connectivity index (χ2n) is 7.71. The fraction of sp³-hybridized carbons (Fsp3) is 0.364. The number of benzene rings is 1. The number of pyridine rings is 1. The number of nitrogens with zero attached hydrogens (tertiary/aromatic N) is 6. The van der Waals surface area contributed by atoms with Crippen LogP contribution < -0.4 is 10.2 Å². The number of aromatic nitrogens is 5. The van der Waals surface area contributed by atoms with Crippen LogP contribution in [0.2, 0.25) is 0 Å². The van der Waals surface area contributed by atoms with Gasteiger partial charge in [-0.15, -0.1) is 0 Å². The zero-order chi connectivity index (χ0) is 20.5. The van der Waals surface area contributed by atoms with Gasteiger partial charge in [0.25, 0.3) is 0 Å². The second kappa shape index (κ2) is 7.87. The lowest BCUT2D eigenvalue weighted by atomic mass is 10.1. The van der Waals surface area contributed by atoms with Gasteiger partial charge in [-0.25, -0.2) is 19.9 Å². The number of hydrogen-bond acceptors (Lipinski definition) is 7. The smallest absolute Gasteiger partial charge is 0.162 e. The van der Waals surface area contributed by atoms with Gasteiger partial charge in [0.1, 0.15) is 17.7 Å². The molecule has 8 heteroatoms. The minimum atomic E-state index is 0.624. The third-order valence-electron chi connectivity index (χ3n) is 5.89. The fourth-order valence-electron chi connectivity index (χ4n) is 4.13. The molecule has 0 radical (unpaired) electrons. The average Bonchev–Trinajstić information content (AvgIpc) is 3.27. The van der Waals surface area contributed by atoms with E-state index in [2.05, 4.69) is 73.2 Å². The Morgan fingerprint density at radius 2 is 1.93 bits per heavy atom. The predicted molar refractivity (Wildman–Crippen MR) is 120 cm³/mol. The first-order valence-electron chi connectivity index (χ1n) is 10.5. The highest BCUT2D eigenvalue weighted by Crippen LogP contribution is 2.27. The van der Waals surface area contributed by atoms with Crippen LogP contribution in [0.3, 0.4) is 0 Å². The summed E-state index contributed by atoms with van der Waals surface area (Å²) in [6.07, 6.45) is 3.19. The fourth-order valence-corrected chi connectivity index (χ4v) is 4.13. The summed E-state index contributed by atoms with van der Waals surface area (Å²) in [7, 11) is 0. The Bertz CT molecular complexity index is 1180. The first kappa shape index (κ1) is 18.7. The summed E-state index contributed by atoms with van der Waals surface area (Å²) in [5.74, 6) is 1.79. The molecule has 5 rings (SSSR count). The maximum atomic E-state index is 5.13. The molecule has 2 N–H and O–H groups in total. The van der Waals surface area contributed by atoms with Crippen molar-refractivity contribution in [3.8, 4) is 0 Å². The van der Waals surface area contributed by atoms with E-state index in [0.29, 0.717) is 6.54 Å². The van der Waals surface area contributed by atoms with Crippen molar-refractivity contribution < 1.29 is 0 Å². The molecule has 0 atom stereocenters. The highest BCUT2D eigenvalue weighted by molar-refractivity contribution is 5.85. The summed E-state index contributed by atoms with van der Waals surface area (Å²) in [6, 6.07) is 8.61. The SMILES string of the molecule is CCN1CCN(c2nc3c(C)cccc3cc2CNc2ncnc3[nH]cnc23)CC1. The third kappa shape index (κ3) is 3.43. The third-order valence-corrected chi connectivity index (χ3v) is 5.89. The van der Waals surface area contributed by atoms with Gasteiger partial charge in [0.15, 0.2) is 11.5 Å². The van der Waals surface area contributed by atoms with Crippen LogP contribution in [-0.4, -0.2) is 62.5 Å². The number of nitrogens with one attached hydrogen (secondary N) is 2. The Balaban J connectivity index is 1.50. The van der Waals surface area contributed by atoms with Crippen molar-refractivity contribution in [1.82, 2.24) is 29.8 Å². The minimum absolute atomic E-state index is 0.624. The van der Waals surface area contributed by atoms with Gasteiger partial charge in [-0.1, -0.05) is 25.1 Å². The number of hydrogen-bond donors (Lipinski definition) is 2. The van der Waals surface area contributed by atoms with Crippen LogP contribution in [0.25, 0.3) is 22.1 Å². The van der Waals surface area contributed by atoms with Gasteiger partial charge in [0.05, 0.1) is 11.8 Å². The first-order valence-corrected chi connectivity index (χ1v) is 10.5. The summed E-state index contributed by atoms with van der Waals surface area (Å²) in [4.78, 5) is 26.0. The number of para-hydroxylation sites is 1. The predicted octanol–water partition coefficient (Wildman–Crippen LogP) is 2.96. The number of aromatic amines is 1. The van der Waals surface area contributed by atoms with Crippen molar-refractivity contribution in [2.75, 3.05) is 42.9 Å². The Kier molecular flexibility index (Phi) is 4.92. The Labute approximate surface area is 175 Å². The van der Waals surface area contributed by atoms with Gasteiger partial charge >= 0.3 is 0 Å². The van der Waals surface area contributed by atoms with Gasteiger partial charge in [0, 0.05) is 43.7 Å². The molecule has 0 saturated carbocycles. The standard InChI is InChI=1S/C22H26N8/c1-3-29-7-9-30(10-8-29)22-17(11-16-6-4-5-15(2)18(16)28-22)12-23-20-19-21(25-13-24-19)27-14-26-20/h4-6,11,13-14H,3,7-10,12H2,1-2H3,(H2,23,24,25,26,27). The molecular formula is C22H26N8. The Hall–Kier alpha value is -3.26. The van der Waals surface area contributed by atoms with Gasteiger partial charge in [-0.2, -0.15) is 0 Å². The molecule has 154 valence electrons. The van der Waals surface area contributed by atoms with Gasteiger partial charge in [0.2, 0.25) is 0 Å². The number of piperazine rings is 1. The van der Waals surface area contributed by atoms with Crippen LogP contribution in [0.15, 0.2) is 36.9 Å². The maximum absolute atomic E-state index is 5.13. The van der Waals surface area contributed by atoms with E-state index in [0.717, 1.165) is 66.4 Å². The normalized spacial score (nSPS) is 15.2. The maximum Gasteiger partial charge on any atom is 0.162 e. The van der Waals surface area contributed by atoms with E-state index < -0.39 is 0 Å². The number of likely N-dealkylation sites (N-methyl/N-ethyl adjacent to an activating group) is 1. The number of fused-ring (bicyclic) bond motifs is 2. The van der Waals surface area contributed by atoms with E-state index in [1.54, 1.807) is 12.7 Å². The molecule has 1 aliphatic rings. The molecule has 0 aliphatic carbocycles. The monoisotopic (exact) mass is 402 g/mol. The van der Waals surface area contributed by atoms with Crippen LogP contribution in [0, 0.1) is 6.92 Å². The van der Waals surface area contributed by atoms with E-state index in [1.165, 1.54) is 11.1 Å². The largest absolute Gasteiger partial charge is 0.364 e. The highest BCUT2D eigenvalue weighted by Gasteiger charge is 2.20. The molecule has 30 heavy (non-hydrogen) atoms. The molecule has 1 fully saturated rings. The van der Waals surface area contributed by atoms with Gasteiger partial charge in [-0.3, -0.25) is 0 Å². The minimum Gasteiger partial charge on any atom is -0.364 e. The van der Waals surface area contributed by atoms with Crippen molar-refractivity contribution in [3.63, 3.8) is 0 Å². The van der Waals surface area contributed by atoms with Crippen LogP contribution in [0.4, 0.5) is 11.6 Å². The average molecular weight is 403 g/mol. The second-order valence-corrected chi connectivity index (χ2v) is 7.71. The van der Waals surface area contributed by atoms with E-state index in [1.807, 2.05) is 0 Å². The molecule has 0 unspecified atom stereocenters. The molecule has 4 aromatic rings. The lowest BCUT2D eigenvalue weighted by Gasteiger charge is -2.36. The molecule has 4 heterocycles. The van der Waals surface area contributed by atoms with E-state index in [-0.39, 0.29) is 0 Å². The number of anilines is 2. The van der Waals surface area contributed by atoms with Crippen LogP contribution in [0.5, 0.6) is 0 Å². The molecule has 8 nitrogen and oxygen atoms in total. The lowest BCUT2D eigenvalue weighted by molar-refractivity contribution is 0.270. The summed E-state index contributed by atoms with van der Waals surface area (Å²) in [5.41, 5.74) is 4.93. The molecule has 3 aromatic heterocycles. The number of imidazole rings is 1. The van der Waals surface area contributed by atoms with Crippen molar-refractivity contribution in [1.29, 1.82) is 0 Å². The topological polar surface area (TPSA) is 85.9 Å². The summed E-state index contributed by atoms with van der Waals surface area (Å²) < 4.78 is 0. The Morgan fingerprint density at radius 3 is 2.77 bits per heavy atom. The quantitative estimate of drug-likeness (QED) is 0.531. The van der Waals surface area contributed by atoms with Crippen LogP contribution >= 0.6 is 0 Å². The van der Waals surface area contributed by atoms with Crippen molar-refractivity contribution in [3.05, 3.63) is 48.0 Å². The number of aryl methyl sites for hydroxylation is 1. The summed E-state index contributed by atoms with van der Waals surface area (Å²) >= 11 is 0. The van der Waals surface area contributed by atoms with E-state index >= 15 is 0 Å². The molecular weight excluding hydrogens is 376 g/mol. The summed E-state index contributed by atoms with van der Waals surface area (Å²) in [6.45, 7) is 10.2. The van der Waals surface area contributed by atoms with E-state index in [9.17, 15) is 0 Å². The molecule has 1 aliphatic heterocycles. The number of H-pyrrole nitrogens is 1. The van der Waals surface area contributed by atoms with Crippen molar-refractivity contribution >= 4 is 33.7 Å². The molecule has 1 aromatic carbocycles. The van der Waals surface area contributed by atoms with Crippen LogP contribution in [-0.2, 0) is 6.54 Å². The zero-order valence-corrected chi connectivity index (χ0v) is 17.4. The van der Waals surface area contributed by atoms with Gasteiger partial charge in [-0.05, 0) is 25.1 Å². The molecule has 0 amide bonds. The van der Waals surface area contributed by atoms with Crippen molar-refractivity contribution in [2.24, 2.45) is 0 Å². The Morgan fingerprint density at radius 1 is 1.07 bits per heavy atom. The number of rotatable bonds is 5. The highest BCUT2D eigenvalue weighted by atomic mass is 15.3.